The minimum atomic E-state index is -3.83. The van der Waals surface area contributed by atoms with Gasteiger partial charge < -0.3 is 10.3 Å². The molecule has 0 radical (unpaired) electrons. The Morgan fingerprint density at radius 1 is 1.40 bits per heavy atom. The van der Waals surface area contributed by atoms with Gasteiger partial charge in [-0.2, -0.15) is 0 Å². The number of aryl methyl sites for hydroxylation is 1. The maximum atomic E-state index is 11.9. The zero-order valence-electron chi connectivity index (χ0n) is 13.7. The monoisotopic (exact) mass is 385 g/mol. The molecule has 136 valence electrons. The SMILES string of the molecule is CCCn1c(SC(C)C(=O)NC(N)=O)nc2cc(S(N)(=O)=O)ccc21. The first-order valence-corrected chi connectivity index (χ1v) is 9.86. The number of rotatable bonds is 6. The topological polar surface area (TPSA) is 150 Å². The Kier molecular flexibility index (Phi) is 5.70. The summed E-state index contributed by atoms with van der Waals surface area (Å²) in [5, 5.41) is 7.10. The number of carbonyl (C=O) groups is 2. The second-order valence-corrected chi connectivity index (χ2v) is 8.22. The number of carbonyl (C=O) groups excluding carboxylic acids is 2. The highest BCUT2D eigenvalue weighted by Crippen LogP contribution is 2.28. The number of imide groups is 1. The third kappa shape index (κ3) is 4.50. The number of hydrogen-bond acceptors (Lipinski definition) is 6. The fraction of sp³-hybridized carbons (Fsp3) is 0.357. The number of nitrogens with one attached hydrogen (secondary N) is 1. The molecule has 25 heavy (non-hydrogen) atoms. The summed E-state index contributed by atoms with van der Waals surface area (Å²) in [6, 6.07) is 3.53. The Morgan fingerprint density at radius 3 is 2.64 bits per heavy atom. The maximum absolute atomic E-state index is 11.9. The first kappa shape index (κ1) is 19.2. The van der Waals surface area contributed by atoms with E-state index in [2.05, 4.69) is 4.98 Å². The molecule has 0 aliphatic carbocycles. The standard InChI is InChI=1S/C14H19N5O4S2/c1-3-6-19-11-5-4-9(25(16,22)23)7-10(11)17-14(19)24-8(2)12(20)18-13(15)21/h4-5,7-8H,3,6H2,1-2H3,(H2,16,22,23)(H3,15,18,20,21). The highest BCUT2D eigenvalue weighted by atomic mass is 32.2. The van der Waals surface area contributed by atoms with Gasteiger partial charge >= 0.3 is 6.03 Å². The number of imidazole rings is 1. The van der Waals surface area contributed by atoms with E-state index in [9.17, 15) is 18.0 Å². The summed E-state index contributed by atoms with van der Waals surface area (Å²) in [6.07, 6.45) is 0.817. The van der Waals surface area contributed by atoms with E-state index >= 15 is 0 Å². The van der Waals surface area contributed by atoms with Crippen LogP contribution >= 0.6 is 11.8 Å². The number of fused-ring (bicyclic) bond motifs is 1. The number of thioether (sulfide) groups is 1. The number of aromatic nitrogens is 2. The molecule has 3 amide bonds. The first-order chi connectivity index (χ1) is 11.6. The molecular formula is C14H19N5O4S2. The van der Waals surface area contributed by atoms with Crippen LogP contribution in [-0.2, 0) is 21.4 Å². The number of hydrogen-bond donors (Lipinski definition) is 3. The van der Waals surface area contributed by atoms with E-state index in [1.807, 2.05) is 16.8 Å². The second kappa shape index (κ2) is 7.42. The summed E-state index contributed by atoms with van der Waals surface area (Å²) in [7, 11) is -3.83. The van der Waals surface area contributed by atoms with Crippen LogP contribution < -0.4 is 16.2 Å². The van der Waals surface area contributed by atoms with Crippen molar-refractivity contribution in [1.29, 1.82) is 0 Å². The van der Waals surface area contributed by atoms with Crippen LogP contribution in [0.15, 0.2) is 28.3 Å². The quantitative estimate of drug-likeness (QED) is 0.625. The molecule has 9 nitrogen and oxygen atoms in total. The Hall–Kier alpha value is -2.11. The van der Waals surface area contributed by atoms with E-state index in [-0.39, 0.29) is 4.90 Å². The fourth-order valence-electron chi connectivity index (χ4n) is 2.23. The molecule has 0 spiro atoms. The van der Waals surface area contributed by atoms with Gasteiger partial charge in [0.05, 0.1) is 21.2 Å². The van der Waals surface area contributed by atoms with Gasteiger partial charge in [0.2, 0.25) is 15.9 Å². The minimum Gasteiger partial charge on any atom is -0.351 e. The largest absolute Gasteiger partial charge is 0.351 e. The minimum absolute atomic E-state index is 0.0304. The molecule has 1 aromatic heterocycles. The molecule has 1 atom stereocenters. The average molecular weight is 385 g/mol. The average Bonchev–Trinajstić information content (AvgIpc) is 2.83. The number of amides is 3. The van der Waals surface area contributed by atoms with Crippen LogP contribution in [0.3, 0.4) is 0 Å². The highest BCUT2D eigenvalue weighted by molar-refractivity contribution is 8.00. The predicted octanol–water partition coefficient (Wildman–Crippen LogP) is 0.769. The first-order valence-electron chi connectivity index (χ1n) is 7.43. The van der Waals surface area contributed by atoms with Gasteiger partial charge in [-0.15, -0.1) is 0 Å². The van der Waals surface area contributed by atoms with E-state index < -0.39 is 27.2 Å². The molecule has 2 aromatic rings. The molecule has 0 saturated carbocycles. The summed E-state index contributed by atoms with van der Waals surface area (Å²) in [5.74, 6) is -0.530. The van der Waals surface area contributed by atoms with Crippen molar-refractivity contribution in [2.75, 3.05) is 0 Å². The van der Waals surface area contributed by atoms with Crippen molar-refractivity contribution in [3.8, 4) is 0 Å². The fourth-order valence-corrected chi connectivity index (χ4v) is 3.71. The van der Waals surface area contributed by atoms with Crippen molar-refractivity contribution in [3.63, 3.8) is 0 Å². The molecule has 1 heterocycles. The highest BCUT2D eigenvalue weighted by Gasteiger charge is 2.21. The maximum Gasteiger partial charge on any atom is 0.318 e. The molecule has 0 fully saturated rings. The Morgan fingerprint density at radius 2 is 2.08 bits per heavy atom. The van der Waals surface area contributed by atoms with E-state index in [0.717, 1.165) is 23.7 Å². The van der Waals surface area contributed by atoms with Gasteiger partial charge in [-0.1, -0.05) is 18.7 Å². The molecule has 1 aromatic carbocycles. The van der Waals surface area contributed by atoms with Crippen LogP contribution in [0.1, 0.15) is 20.3 Å². The summed E-state index contributed by atoms with van der Waals surface area (Å²) in [6.45, 7) is 4.24. The van der Waals surface area contributed by atoms with Gasteiger partial charge in [0.1, 0.15) is 0 Å². The van der Waals surface area contributed by atoms with E-state index in [1.54, 1.807) is 13.0 Å². The number of urea groups is 1. The number of nitrogens with two attached hydrogens (primary N) is 2. The molecular weight excluding hydrogens is 366 g/mol. The second-order valence-electron chi connectivity index (χ2n) is 5.36. The van der Waals surface area contributed by atoms with Gasteiger partial charge in [-0.05, 0) is 31.5 Å². The molecule has 0 saturated heterocycles. The lowest BCUT2D eigenvalue weighted by Crippen LogP contribution is -2.39. The van der Waals surface area contributed by atoms with Crippen LogP contribution in [0.2, 0.25) is 0 Å². The summed E-state index contributed by atoms with van der Waals surface area (Å²) in [4.78, 5) is 27.0. The van der Waals surface area contributed by atoms with Crippen molar-refractivity contribution in [2.24, 2.45) is 10.9 Å². The third-order valence-corrected chi connectivity index (χ3v) is 5.36. The Bertz CT molecular complexity index is 923. The Labute approximate surface area is 149 Å². The molecule has 0 aliphatic heterocycles. The van der Waals surface area contributed by atoms with Crippen LogP contribution in [0, 0.1) is 0 Å². The van der Waals surface area contributed by atoms with Gasteiger partial charge in [0.25, 0.3) is 0 Å². The van der Waals surface area contributed by atoms with Crippen molar-refractivity contribution in [1.82, 2.24) is 14.9 Å². The Balaban J connectivity index is 2.42. The van der Waals surface area contributed by atoms with Crippen molar-refractivity contribution < 1.29 is 18.0 Å². The predicted molar refractivity (Wildman–Crippen MR) is 94.4 cm³/mol. The van der Waals surface area contributed by atoms with Crippen LogP contribution in [0.5, 0.6) is 0 Å². The molecule has 0 bridgehead atoms. The van der Waals surface area contributed by atoms with E-state index in [1.165, 1.54) is 12.1 Å². The summed E-state index contributed by atoms with van der Waals surface area (Å²) in [5.41, 5.74) is 6.15. The normalized spacial score (nSPS) is 12.9. The van der Waals surface area contributed by atoms with Crippen molar-refractivity contribution in [2.45, 2.75) is 42.1 Å². The summed E-state index contributed by atoms with van der Waals surface area (Å²) < 4.78 is 24.9. The lowest BCUT2D eigenvalue weighted by molar-refractivity contribution is -0.119. The number of primary amides is 1. The van der Waals surface area contributed by atoms with Crippen LogP contribution in [0.25, 0.3) is 11.0 Å². The van der Waals surface area contributed by atoms with Crippen LogP contribution in [-0.4, -0.2) is 35.2 Å². The zero-order chi connectivity index (χ0) is 18.8. The third-order valence-electron chi connectivity index (χ3n) is 3.36. The zero-order valence-corrected chi connectivity index (χ0v) is 15.4. The summed E-state index contributed by atoms with van der Waals surface area (Å²) >= 11 is 1.15. The lowest BCUT2D eigenvalue weighted by Gasteiger charge is -2.11. The van der Waals surface area contributed by atoms with Gasteiger partial charge in [0, 0.05) is 6.54 Å². The van der Waals surface area contributed by atoms with Gasteiger partial charge in [-0.25, -0.2) is 23.3 Å². The number of nitrogens with zero attached hydrogens (tertiary/aromatic N) is 2. The van der Waals surface area contributed by atoms with Crippen molar-refractivity contribution >= 4 is 44.8 Å². The van der Waals surface area contributed by atoms with Gasteiger partial charge in [-0.3, -0.25) is 10.1 Å². The molecule has 0 aliphatic rings. The van der Waals surface area contributed by atoms with Gasteiger partial charge in [0.15, 0.2) is 5.16 Å². The van der Waals surface area contributed by atoms with E-state index in [4.69, 9.17) is 10.9 Å². The number of benzene rings is 1. The number of sulfonamides is 1. The molecule has 5 N–H and O–H groups in total. The molecule has 1 unspecified atom stereocenters. The number of primary sulfonamides is 1. The van der Waals surface area contributed by atoms with E-state index in [0.29, 0.717) is 17.2 Å². The molecule has 11 heteroatoms. The van der Waals surface area contributed by atoms with Crippen LogP contribution in [0.4, 0.5) is 4.79 Å². The smallest absolute Gasteiger partial charge is 0.318 e. The van der Waals surface area contributed by atoms with Crippen molar-refractivity contribution in [3.05, 3.63) is 18.2 Å². The lowest BCUT2D eigenvalue weighted by atomic mass is 10.3. The molecule has 2 rings (SSSR count).